The second-order valence-electron chi connectivity index (χ2n) is 3.93. The maximum Gasteiger partial charge on any atom is 0.187 e. The van der Waals surface area contributed by atoms with Crippen molar-refractivity contribution in [3.05, 3.63) is 64.4 Å². The van der Waals surface area contributed by atoms with Crippen molar-refractivity contribution in [2.24, 2.45) is 0 Å². The standard InChI is InChI=1S/C14H7ClF2N2O/c15-10-6-12(17)11(16)5-8(10)14(20)9(7-18)13-3-1-2-4-19-13/h1-6,9H. The van der Waals surface area contributed by atoms with E-state index < -0.39 is 23.3 Å². The molecule has 2 aromatic rings. The largest absolute Gasteiger partial charge is 0.292 e. The summed E-state index contributed by atoms with van der Waals surface area (Å²) in [7, 11) is 0. The zero-order chi connectivity index (χ0) is 14.7. The number of nitriles is 1. The minimum Gasteiger partial charge on any atom is -0.292 e. The van der Waals surface area contributed by atoms with Crippen molar-refractivity contribution in [1.82, 2.24) is 4.98 Å². The number of hydrogen-bond acceptors (Lipinski definition) is 3. The molecule has 0 fully saturated rings. The van der Waals surface area contributed by atoms with Crippen molar-refractivity contribution in [2.45, 2.75) is 5.92 Å². The van der Waals surface area contributed by atoms with Gasteiger partial charge in [-0.3, -0.25) is 9.78 Å². The second-order valence-corrected chi connectivity index (χ2v) is 4.33. The zero-order valence-corrected chi connectivity index (χ0v) is 10.7. The van der Waals surface area contributed by atoms with Gasteiger partial charge < -0.3 is 0 Å². The topological polar surface area (TPSA) is 53.8 Å². The van der Waals surface area contributed by atoms with E-state index in [2.05, 4.69) is 4.98 Å². The first-order chi connectivity index (χ1) is 9.54. The molecule has 1 aromatic carbocycles. The number of benzene rings is 1. The molecular formula is C14H7ClF2N2O. The molecule has 20 heavy (non-hydrogen) atoms. The summed E-state index contributed by atoms with van der Waals surface area (Å²) in [5.74, 6) is -4.30. The van der Waals surface area contributed by atoms with Crippen molar-refractivity contribution in [3.8, 4) is 6.07 Å². The first kappa shape index (κ1) is 14.1. The molecule has 0 aliphatic rings. The van der Waals surface area contributed by atoms with E-state index in [1.165, 1.54) is 12.3 Å². The number of carbonyl (C=O) groups is 1. The Morgan fingerprint density at radius 1 is 1.30 bits per heavy atom. The van der Waals surface area contributed by atoms with Crippen LogP contribution in [0.2, 0.25) is 5.02 Å². The quantitative estimate of drug-likeness (QED) is 0.642. The number of nitrogens with zero attached hydrogens (tertiary/aromatic N) is 2. The highest BCUT2D eigenvalue weighted by molar-refractivity contribution is 6.34. The van der Waals surface area contributed by atoms with Gasteiger partial charge in [-0.05, 0) is 24.3 Å². The third-order valence-corrected chi connectivity index (χ3v) is 2.96. The summed E-state index contributed by atoms with van der Waals surface area (Å²) in [6.45, 7) is 0. The molecule has 0 saturated heterocycles. The van der Waals surface area contributed by atoms with E-state index in [4.69, 9.17) is 16.9 Å². The van der Waals surface area contributed by atoms with Gasteiger partial charge in [-0.1, -0.05) is 17.7 Å². The molecule has 6 heteroatoms. The number of aromatic nitrogens is 1. The first-order valence-electron chi connectivity index (χ1n) is 5.54. The number of carbonyl (C=O) groups excluding carboxylic acids is 1. The third kappa shape index (κ3) is 2.65. The van der Waals surface area contributed by atoms with Gasteiger partial charge in [-0.15, -0.1) is 0 Å². The van der Waals surface area contributed by atoms with Crippen LogP contribution in [0.1, 0.15) is 22.0 Å². The average Bonchev–Trinajstić information content (AvgIpc) is 2.44. The third-order valence-electron chi connectivity index (χ3n) is 2.65. The number of pyridine rings is 1. The van der Waals surface area contributed by atoms with Crippen LogP contribution in [0.5, 0.6) is 0 Å². The van der Waals surface area contributed by atoms with Crippen LogP contribution in [0.3, 0.4) is 0 Å². The lowest BCUT2D eigenvalue weighted by atomic mass is 9.95. The van der Waals surface area contributed by atoms with E-state index in [0.717, 1.165) is 0 Å². The number of hydrogen-bond donors (Lipinski definition) is 0. The fourth-order valence-corrected chi connectivity index (χ4v) is 1.92. The van der Waals surface area contributed by atoms with Crippen molar-refractivity contribution in [3.63, 3.8) is 0 Å². The van der Waals surface area contributed by atoms with E-state index in [1.54, 1.807) is 18.2 Å². The molecule has 0 saturated carbocycles. The smallest absolute Gasteiger partial charge is 0.187 e. The Hall–Kier alpha value is -2.32. The summed E-state index contributed by atoms with van der Waals surface area (Å²) in [4.78, 5) is 16.1. The summed E-state index contributed by atoms with van der Waals surface area (Å²) in [5.41, 5.74) is -0.0245. The molecule has 100 valence electrons. The first-order valence-corrected chi connectivity index (χ1v) is 5.91. The van der Waals surface area contributed by atoms with Crippen LogP contribution >= 0.6 is 11.6 Å². The van der Waals surface area contributed by atoms with E-state index in [0.29, 0.717) is 12.1 Å². The van der Waals surface area contributed by atoms with Crippen molar-refractivity contribution in [1.29, 1.82) is 5.26 Å². The predicted molar refractivity (Wildman–Crippen MR) is 68.3 cm³/mol. The van der Waals surface area contributed by atoms with Gasteiger partial charge in [0.2, 0.25) is 0 Å². The summed E-state index contributed by atoms with van der Waals surface area (Å²) < 4.78 is 26.2. The molecule has 0 spiro atoms. The summed E-state index contributed by atoms with van der Waals surface area (Å²) >= 11 is 5.73. The Labute approximate surface area is 118 Å². The summed E-state index contributed by atoms with van der Waals surface area (Å²) in [6.07, 6.45) is 1.43. The fourth-order valence-electron chi connectivity index (χ4n) is 1.67. The van der Waals surface area contributed by atoms with E-state index in [-0.39, 0.29) is 16.3 Å². The SMILES string of the molecule is N#CC(C(=O)c1cc(F)c(F)cc1Cl)c1ccccn1. The van der Waals surface area contributed by atoms with Gasteiger partial charge in [0.1, 0.15) is 0 Å². The lowest BCUT2D eigenvalue weighted by molar-refractivity contribution is 0.0977. The molecule has 0 amide bonds. The molecule has 0 N–H and O–H groups in total. The molecular weight excluding hydrogens is 286 g/mol. The normalized spacial score (nSPS) is 11.7. The minimum absolute atomic E-state index is 0.223. The number of halogens is 3. The lowest BCUT2D eigenvalue weighted by Crippen LogP contribution is -2.13. The van der Waals surface area contributed by atoms with E-state index in [9.17, 15) is 13.6 Å². The molecule has 0 radical (unpaired) electrons. The monoisotopic (exact) mass is 292 g/mol. The van der Waals surface area contributed by atoms with Crippen LogP contribution in [0.25, 0.3) is 0 Å². The maximum absolute atomic E-state index is 13.2. The highest BCUT2D eigenvalue weighted by atomic mass is 35.5. The number of ketones is 1. The molecule has 1 aromatic heterocycles. The summed E-state index contributed by atoms with van der Waals surface area (Å²) in [6, 6.07) is 7.93. The van der Waals surface area contributed by atoms with Crippen molar-refractivity contribution in [2.75, 3.05) is 0 Å². The van der Waals surface area contributed by atoms with Gasteiger partial charge in [0, 0.05) is 11.8 Å². The Kier molecular flexibility index (Phi) is 4.06. The van der Waals surface area contributed by atoms with Crippen LogP contribution in [0.15, 0.2) is 36.5 Å². The molecule has 0 bridgehead atoms. The highest BCUT2D eigenvalue weighted by Crippen LogP contribution is 2.26. The molecule has 2 rings (SSSR count). The fraction of sp³-hybridized carbons (Fsp3) is 0.0714. The van der Waals surface area contributed by atoms with Crippen LogP contribution < -0.4 is 0 Å². The Morgan fingerprint density at radius 2 is 2.00 bits per heavy atom. The van der Waals surface area contributed by atoms with Crippen molar-refractivity contribution < 1.29 is 13.6 Å². The maximum atomic E-state index is 13.2. The van der Waals surface area contributed by atoms with Crippen LogP contribution in [-0.2, 0) is 0 Å². The minimum atomic E-state index is -1.22. The summed E-state index contributed by atoms with van der Waals surface area (Å²) in [5, 5.41) is 8.86. The molecule has 0 aliphatic carbocycles. The second kappa shape index (κ2) is 5.76. The predicted octanol–water partition coefficient (Wildman–Crippen LogP) is 3.50. The molecule has 3 nitrogen and oxygen atoms in total. The van der Waals surface area contributed by atoms with Gasteiger partial charge in [-0.25, -0.2) is 8.78 Å². The van der Waals surface area contributed by atoms with Gasteiger partial charge in [-0.2, -0.15) is 5.26 Å². The Bertz CT molecular complexity index is 698. The van der Waals surface area contributed by atoms with Crippen LogP contribution in [0.4, 0.5) is 8.78 Å². The lowest BCUT2D eigenvalue weighted by Gasteiger charge is -2.09. The van der Waals surface area contributed by atoms with Crippen LogP contribution in [-0.4, -0.2) is 10.8 Å². The molecule has 0 aliphatic heterocycles. The number of rotatable bonds is 3. The van der Waals surface area contributed by atoms with Gasteiger partial charge in [0.05, 0.1) is 16.8 Å². The number of Topliss-reactive ketones (excluding diaryl/α,β-unsaturated/α-hetero) is 1. The molecule has 1 atom stereocenters. The molecule has 1 unspecified atom stereocenters. The van der Waals surface area contributed by atoms with E-state index >= 15 is 0 Å². The van der Waals surface area contributed by atoms with Gasteiger partial charge >= 0.3 is 0 Å². The Morgan fingerprint density at radius 3 is 2.60 bits per heavy atom. The Balaban J connectivity index is 2.45. The van der Waals surface area contributed by atoms with Gasteiger partial charge in [0.15, 0.2) is 23.3 Å². The van der Waals surface area contributed by atoms with Crippen molar-refractivity contribution >= 4 is 17.4 Å². The average molecular weight is 293 g/mol. The van der Waals surface area contributed by atoms with Gasteiger partial charge in [0.25, 0.3) is 0 Å². The zero-order valence-electron chi connectivity index (χ0n) is 9.98. The molecule has 1 heterocycles. The highest BCUT2D eigenvalue weighted by Gasteiger charge is 2.26. The van der Waals surface area contributed by atoms with E-state index in [1.807, 2.05) is 0 Å². The van der Waals surface area contributed by atoms with Crippen LogP contribution in [0, 0.1) is 23.0 Å².